The number of rotatable bonds is 5. The fraction of sp³-hybridized carbons (Fsp3) is 0.269. The number of piperidine rings is 1. The van der Waals surface area contributed by atoms with E-state index in [1.54, 1.807) is 37.6 Å². The second kappa shape index (κ2) is 9.84. The van der Waals surface area contributed by atoms with Gasteiger partial charge in [0.1, 0.15) is 5.75 Å². The molecule has 2 aliphatic heterocycles. The van der Waals surface area contributed by atoms with E-state index in [-0.39, 0.29) is 23.9 Å². The lowest BCUT2D eigenvalue weighted by Gasteiger charge is -2.40. The van der Waals surface area contributed by atoms with Crippen LogP contribution in [0.1, 0.15) is 34.0 Å². The molecule has 0 unspecified atom stereocenters. The molecule has 1 aromatic heterocycles. The number of urea groups is 1. The zero-order chi connectivity index (χ0) is 24.4. The summed E-state index contributed by atoms with van der Waals surface area (Å²) in [6.07, 6.45) is 2.42. The summed E-state index contributed by atoms with van der Waals surface area (Å²) in [4.78, 5) is 31.9. The molecule has 2 aliphatic rings. The number of ether oxygens (including phenoxy) is 1. The van der Waals surface area contributed by atoms with Gasteiger partial charge in [-0.05, 0) is 55.0 Å². The van der Waals surface area contributed by atoms with Crippen molar-refractivity contribution in [2.75, 3.05) is 30.4 Å². The van der Waals surface area contributed by atoms with Crippen molar-refractivity contribution < 1.29 is 14.3 Å². The summed E-state index contributed by atoms with van der Waals surface area (Å²) in [6, 6.07) is 16.2. The normalized spacial score (nSPS) is 19.0. The minimum Gasteiger partial charge on any atom is -0.495 e. The van der Waals surface area contributed by atoms with Crippen LogP contribution >= 0.6 is 11.6 Å². The Bertz CT molecular complexity index is 1230. The highest BCUT2D eigenvalue weighted by Crippen LogP contribution is 2.34. The topological polar surface area (TPSA) is 95.6 Å². The highest BCUT2D eigenvalue weighted by Gasteiger charge is 2.34. The number of hydrogen-bond acceptors (Lipinski definition) is 5. The van der Waals surface area contributed by atoms with Crippen LogP contribution in [0.5, 0.6) is 5.75 Å². The second-order valence-electron chi connectivity index (χ2n) is 8.66. The van der Waals surface area contributed by atoms with Crippen molar-refractivity contribution in [2.24, 2.45) is 0 Å². The molecular weight excluding hydrogens is 466 g/mol. The predicted molar refractivity (Wildman–Crippen MR) is 135 cm³/mol. The third-order valence-electron chi connectivity index (χ3n) is 6.57. The first-order chi connectivity index (χ1) is 17.0. The number of hydrogen-bond donors (Lipinski definition) is 3. The van der Waals surface area contributed by atoms with E-state index in [2.05, 4.69) is 31.9 Å². The number of carbonyl (C=O) groups excluding carboxylic acids is 2. The average molecular weight is 492 g/mol. The van der Waals surface area contributed by atoms with Crippen LogP contribution in [-0.4, -0.2) is 43.2 Å². The van der Waals surface area contributed by atoms with Gasteiger partial charge in [-0.1, -0.05) is 17.7 Å². The van der Waals surface area contributed by atoms with Crippen molar-refractivity contribution in [3.63, 3.8) is 0 Å². The van der Waals surface area contributed by atoms with Gasteiger partial charge in [0.2, 0.25) is 0 Å². The summed E-state index contributed by atoms with van der Waals surface area (Å²) >= 11 is 5.95. The summed E-state index contributed by atoms with van der Waals surface area (Å²) in [5.41, 5.74) is 4.33. The molecular formula is C26H26ClN5O3. The quantitative estimate of drug-likeness (QED) is 0.498. The molecule has 180 valence electrons. The van der Waals surface area contributed by atoms with Crippen LogP contribution in [0, 0.1) is 0 Å². The van der Waals surface area contributed by atoms with E-state index in [0.717, 1.165) is 35.5 Å². The Hall–Kier alpha value is -3.78. The summed E-state index contributed by atoms with van der Waals surface area (Å²) in [5.74, 6) is 0.578. The molecule has 3 amide bonds. The van der Waals surface area contributed by atoms with Crippen molar-refractivity contribution in [3.05, 3.63) is 82.6 Å². The first kappa shape index (κ1) is 23.0. The summed E-state index contributed by atoms with van der Waals surface area (Å²) < 4.78 is 5.27. The Morgan fingerprint density at radius 3 is 2.74 bits per heavy atom. The Kier molecular flexibility index (Phi) is 6.46. The summed E-state index contributed by atoms with van der Waals surface area (Å²) in [7, 11) is 1.61. The van der Waals surface area contributed by atoms with E-state index in [0.29, 0.717) is 29.5 Å². The van der Waals surface area contributed by atoms with E-state index in [9.17, 15) is 9.59 Å². The fourth-order valence-electron chi connectivity index (χ4n) is 4.78. The molecule has 5 rings (SSSR count). The number of halogens is 1. The van der Waals surface area contributed by atoms with Crippen molar-refractivity contribution >= 4 is 34.9 Å². The predicted octanol–water partition coefficient (Wildman–Crippen LogP) is 4.17. The third kappa shape index (κ3) is 4.88. The van der Waals surface area contributed by atoms with Crippen molar-refractivity contribution in [1.82, 2.24) is 15.6 Å². The Morgan fingerprint density at radius 2 is 2.00 bits per heavy atom. The van der Waals surface area contributed by atoms with Crippen molar-refractivity contribution in [3.8, 4) is 5.75 Å². The molecule has 1 fully saturated rings. The van der Waals surface area contributed by atoms with Crippen LogP contribution in [0.2, 0.25) is 5.02 Å². The Balaban J connectivity index is 1.38. The van der Waals surface area contributed by atoms with Crippen LogP contribution in [-0.2, 0) is 6.54 Å². The number of anilines is 2. The number of amides is 3. The Morgan fingerprint density at radius 1 is 1.17 bits per heavy atom. The third-order valence-corrected chi connectivity index (χ3v) is 6.82. The first-order valence-electron chi connectivity index (χ1n) is 11.5. The van der Waals surface area contributed by atoms with Crippen LogP contribution in [0.15, 0.2) is 60.8 Å². The number of nitrogens with one attached hydrogen (secondary N) is 3. The lowest BCUT2D eigenvalue weighted by Crippen LogP contribution is -2.51. The zero-order valence-corrected chi connectivity index (χ0v) is 20.0. The monoisotopic (exact) mass is 491 g/mol. The van der Waals surface area contributed by atoms with Gasteiger partial charge in [0.25, 0.3) is 5.91 Å². The maximum absolute atomic E-state index is 12.8. The maximum Gasteiger partial charge on any atom is 0.319 e. The van der Waals surface area contributed by atoms with Gasteiger partial charge in [-0.3, -0.25) is 9.78 Å². The highest BCUT2D eigenvalue weighted by atomic mass is 35.5. The molecule has 0 bridgehead atoms. The van der Waals surface area contributed by atoms with E-state index in [1.807, 2.05) is 24.3 Å². The minimum absolute atomic E-state index is 0.0364. The van der Waals surface area contributed by atoms with Gasteiger partial charge in [0.05, 0.1) is 13.3 Å². The van der Waals surface area contributed by atoms with Gasteiger partial charge in [0.15, 0.2) is 0 Å². The largest absolute Gasteiger partial charge is 0.495 e. The molecule has 2 atom stereocenters. The molecule has 0 spiro atoms. The molecule has 2 aromatic carbocycles. The van der Waals surface area contributed by atoms with Gasteiger partial charge in [-0.2, -0.15) is 0 Å². The van der Waals surface area contributed by atoms with Gasteiger partial charge < -0.3 is 25.6 Å². The SMILES string of the molecule is COc1ccc([C@@H]2CN(c3cccc4c3CNC4=O)CC[C@H]2NC(=O)Nc2ccc(Cl)cc2)nc1. The molecule has 1 saturated heterocycles. The molecule has 35 heavy (non-hydrogen) atoms. The van der Waals surface area contributed by atoms with Crippen LogP contribution < -0.4 is 25.6 Å². The summed E-state index contributed by atoms with van der Waals surface area (Å²) in [5, 5.41) is 9.55. The highest BCUT2D eigenvalue weighted by molar-refractivity contribution is 6.30. The molecule has 8 nitrogen and oxygen atoms in total. The molecule has 3 heterocycles. The average Bonchev–Trinajstić information content (AvgIpc) is 3.26. The molecule has 0 aliphatic carbocycles. The first-order valence-corrected chi connectivity index (χ1v) is 11.9. The van der Waals surface area contributed by atoms with E-state index < -0.39 is 0 Å². The van der Waals surface area contributed by atoms with Gasteiger partial charge in [0, 0.05) is 64.8 Å². The minimum atomic E-state index is -0.278. The lowest BCUT2D eigenvalue weighted by molar-refractivity contribution is 0.0965. The maximum atomic E-state index is 12.8. The van der Waals surface area contributed by atoms with E-state index in [1.165, 1.54) is 0 Å². The lowest BCUT2D eigenvalue weighted by atomic mass is 9.88. The van der Waals surface area contributed by atoms with E-state index in [4.69, 9.17) is 16.3 Å². The van der Waals surface area contributed by atoms with Gasteiger partial charge in [-0.15, -0.1) is 0 Å². The number of methoxy groups -OCH3 is 1. The summed E-state index contributed by atoms with van der Waals surface area (Å²) in [6.45, 7) is 1.91. The van der Waals surface area contributed by atoms with Gasteiger partial charge in [-0.25, -0.2) is 4.79 Å². The van der Waals surface area contributed by atoms with Crippen LogP contribution in [0.3, 0.4) is 0 Å². The zero-order valence-electron chi connectivity index (χ0n) is 19.3. The number of aromatic nitrogens is 1. The number of carbonyl (C=O) groups is 2. The number of nitrogens with zero attached hydrogens (tertiary/aromatic N) is 2. The van der Waals surface area contributed by atoms with Crippen LogP contribution in [0.25, 0.3) is 0 Å². The van der Waals surface area contributed by atoms with Crippen molar-refractivity contribution in [2.45, 2.75) is 24.9 Å². The molecule has 0 saturated carbocycles. The van der Waals surface area contributed by atoms with E-state index >= 15 is 0 Å². The smallest absolute Gasteiger partial charge is 0.319 e. The fourth-order valence-corrected chi connectivity index (χ4v) is 4.90. The second-order valence-corrected chi connectivity index (χ2v) is 9.10. The number of fused-ring (bicyclic) bond motifs is 1. The van der Waals surface area contributed by atoms with Crippen LogP contribution in [0.4, 0.5) is 16.2 Å². The Labute approximate surface area is 208 Å². The number of benzene rings is 2. The number of pyridine rings is 1. The van der Waals surface area contributed by atoms with Crippen molar-refractivity contribution in [1.29, 1.82) is 0 Å². The molecule has 3 N–H and O–H groups in total. The molecule has 0 radical (unpaired) electrons. The standard InChI is InChI=1S/C26H26ClN5O3/c1-35-18-9-10-22(28-13-18)21-15-32(24-4-2-3-19-20(24)14-29-25(19)33)12-11-23(21)31-26(34)30-17-7-5-16(27)6-8-17/h2-10,13,21,23H,11-12,14-15H2,1H3,(H,29,33)(H2,30,31,34)/t21-,23+/m0/s1. The molecule has 9 heteroatoms. The van der Waals surface area contributed by atoms with Gasteiger partial charge >= 0.3 is 6.03 Å². The molecule has 3 aromatic rings.